The fourth-order valence-electron chi connectivity index (χ4n) is 0.361. The molecule has 3 N–H and O–H groups in total. The van der Waals surface area contributed by atoms with Crippen molar-refractivity contribution in [3.8, 4) is 0 Å². The van der Waals surface area contributed by atoms with Crippen LogP contribution < -0.4 is 5.32 Å². The lowest BCUT2D eigenvalue weighted by atomic mass is 10.7. The molecule has 0 atom stereocenters. The minimum Gasteiger partial charge on any atom is -0.473 e. The lowest BCUT2D eigenvalue weighted by Crippen LogP contribution is -2.09. The molecule has 1 saturated heterocycles. The van der Waals surface area contributed by atoms with Gasteiger partial charge in [0.15, 0.2) is 0 Å². The van der Waals surface area contributed by atoms with Crippen LogP contribution in [-0.4, -0.2) is 42.0 Å². The van der Waals surface area contributed by atoms with E-state index in [9.17, 15) is 0 Å². The number of nitrogens with one attached hydrogen (secondary N) is 1. The maximum atomic E-state index is 9.10. The maximum absolute atomic E-state index is 9.10. The van der Waals surface area contributed by atoms with E-state index in [1.54, 1.807) is 0 Å². The smallest absolute Gasteiger partial charge is 0.414 e. The molecule has 0 radical (unpaired) electrons. The Balaban J connectivity index is 0.000000183. The summed E-state index contributed by atoms with van der Waals surface area (Å²) in [6, 6.07) is 0. The molecule has 0 saturated carbocycles. The van der Waals surface area contributed by atoms with Gasteiger partial charge < -0.3 is 14.9 Å². The third-order valence-corrected chi connectivity index (χ3v) is 0.810. The summed E-state index contributed by atoms with van der Waals surface area (Å²) in [5.41, 5.74) is 0. The van der Waals surface area contributed by atoms with E-state index >= 15 is 0 Å². The Morgan fingerprint density at radius 2 is 1.82 bits per heavy atom. The van der Waals surface area contributed by atoms with Crippen LogP contribution in [0.3, 0.4) is 0 Å². The zero-order valence-corrected chi connectivity index (χ0v) is 5.74. The summed E-state index contributed by atoms with van der Waals surface area (Å²) in [4.78, 5) is 18.2. The molecule has 1 fully saturated rings. The highest BCUT2D eigenvalue weighted by Crippen LogP contribution is 1.75. The Bertz CT molecular complexity index is 122. The summed E-state index contributed by atoms with van der Waals surface area (Å²) in [5, 5.41) is 17.8. The molecule has 11 heavy (non-hydrogen) atoms. The SMILES string of the molecule is C1COCN1.O=C(O)C(=O)O. The summed E-state index contributed by atoms with van der Waals surface area (Å²) >= 11 is 0. The van der Waals surface area contributed by atoms with E-state index in [4.69, 9.17) is 24.5 Å². The molecule has 1 heterocycles. The number of hydrogen-bond donors (Lipinski definition) is 3. The number of aliphatic carboxylic acids is 2. The minimum absolute atomic E-state index is 0.750. The van der Waals surface area contributed by atoms with Crippen molar-refractivity contribution in [2.24, 2.45) is 0 Å². The average molecular weight is 163 g/mol. The van der Waals surface area contributed by atoms with Gasteiger partial charge in [-0.1, -0.05) is 0 Å². The molecular formula is C5H9NO5. The number of carboxylic acid groups (broad SMARTS) is 2. The van der Waals surface area contributed by atoms with Crippen molar-refractivity contribution in [2.45, 2.75) is 0 Å². The topological polar surface area (TPSA) is 95.9 Å². The van der Waals surface area contributed by atoms with Gasteiger partial charge >= 0.3 is 11.9 Å². The number of ether oxygens (including phenoxy) is 1. The van der Waals surface area contributed by atoms with Crippen LogP contribution in [0.5, 0.6) is 0 Å². The molecule has 0 aromatic carbocycles. The van der Waals surface area contributed by atoms with Crippen LogP contribution in [-0.2, 0) is 14.3 Å². The van der Waals surface area contributed by atoms with Gasteiger partial charge in [-0.05, 0) is 0 Å². The quantitative estimate of drug-likeness (QED) is 0.385. The molecule has 0 bridgehead atoms. The second-order valence-corrected chi connectivity index (χ2v) is 1.66. The Labute approximate surface area is 62.8 Å². The van der Waals surface area contributed by atoms with Crippen molar-refractivity contribution in [1.29, 1.82) is 0 Å². The number of carbonyl (C=O) groups is 2. The molecule has 0 aromatic heterocycles. The summed E-state index contributed by atoms with van der Waals surface area (Å²) < 4.78 is 4.83. The summed E-state index contributed by atoms with van der Waals surface area (Å²) in [6.45, 7) is 2.67. The molecule has 1 aliphatic heterocycles. The van der Waals surface area contributed by atoms with E-state index in [0.29, 0.717) is 0 Å². The Kier molecular flexibility index (Phi) is 5.05. The lowest BCUT2D eigenvalue weighted by molar-refractivity contribution is -0.159. The Morgan fingerprint density at radius 3 is 1.91 bits per heavy atom. The van der Waals surface area contributed by atoms with E-state index in [1.165, 1.54) is 0 Å². The number of rotatable bonds is 0. The van der Waals surface area contributed by atoms with Crippen molar-refractivity contribution in [1.82, 2.24) is 5.32 Å². The largest absolute Gasteiger partial charge is 0.473 e. The average Bonchev–Trinajstić information content (AvgIpc) is 2.41. The van der Waals surface area contributed by atoms with Gasteiger partial charge in [-0.3, -0.25) is 5.32 Å². The van der Waals surface area contributed by atoms with Crippen LogP contribution in [0, 0.1) is 0 Å². The first-order valence-electron chi connectivity index (χ1n) is 2.89. The van der Waals surface area contributed by atoms with Gasteiger partial charge in [0.1, 0.15) is 0 Å². The van der Waals surface area contributed by atoms with Crippen molar-refractivity contribution < 1.29 is 24.5 Å². The first-order valence-corrected chi connectivity index (χ1v) is 2.89. The predicted molar refractivity (Wildman–Crippen MR) is 34.1 cm³/mol. The van der Waals surface area contributed by atoms with Gasteiger partial charge in [-0.25, -0.2) is 9.59 Å². The first-order chi connectivity index (χ1) is 5.14. The first kappa shape index (κ1) is 9.86. The molecule has 64 valence electrons. The summed E-state index contributed by atoms with van der Waals surface area (Å²) in [5.74, 6) is -3.65. The van der Waals surface area contributed by atoms with Crippen LogP contribution in [0.4, 0.5) is 0 Å². The molecule has 1 aliphatic rings. The van der Waals surface area contributed by atoms with E-state index in [1.807, 2.05) is 0 Å². The minimum atomic E-state index is -1.82. The number of carboxylic acids is 2. The fourth-order valence-corrected chi connectivity index (χ4v) is 0.361. The second kappa shape index (κ2) is 5.63. The van der Waals surface area contributed by atoms with Gasteiger partial charge in [0.05, 0.1) is 13.3 Å². The third kappa shape index (κ3) is 6.75. The maximum Gasteiger partial charge on any atom is 0.414 e. The molecule has 0 unspecified atom stereocenters. The molecule has 0 amide bonds. The van der Waals surface area contributed by atoms with Gasteiger partial charge in [0.25, 0.3) is 0 Å². The van der Waals surface area contributed by atoms with Crippen molar-refractivity contribution in [2.75, 3.05) is 19.9 Å². The van der Waals surface area contributed by atoms with E-state index < -0.39 is 11.9 Å². The van der Waals surface area contributed by atoms with Crippen LogP contribution in [0.2, 0.25) is 0 Å². The summed E-state index contributed by atoms with van der Waals surface area (Å²) in [7, 11) is 0. The van der Waals surface area contributed by atoms with Crippen LogP contribution in [0.25, 0.3) is 0 Å². The van der Waals surface area contributed by atoms with Gasteiger partial charge in [-0.2, -0.15) is 0 Å². The van der Waals surface area contributed by atoms with Crippen molar-refractivity contribution >= 4 is 11.9 Å². The van der Waals surface area contributed by atoms with Crippen molar-refractivity contribution in [3.05, 3.63) is 0 Å². The zero-order valence-electron chi connectivity index (χ0n) is 5.74. The Hall–Kier alpha value is -1.14. The number of hydrogen-bond acceptors (Lipinski definition) is 4. The third-order valence-electron chi connectivity index (χ3n) is 0.810. The standard InChI is InChI=1S/C3H7NO.C2H2O4/c1-2-5-3-4-1;3-1(4)2(5)6/h4H,1-3H2;(H,3,4)(H,5,6). The second-order valence-electron chi connectivity index (χ2n) is 1.66. The predicted octanol–water partition coefficient (Wildman–Crippen LogP) is -1.28. The normalized spacial score (nSPS) is 14.9. The molecule has 1 rings (SSSR count). The highest BCUT2D eigenvalue weighted by molar-refractivity contribution is 6.27. The Morgan fingerprint density at radius 1 is 1.27 bits per heavy atom. The fraction of sp³-hybridized carbons (Fsp3) is 0.600. The van der Waals surface area contributed by atoms with Crippen LogP contribution >= 0.6 is 0 Å². The lowest BCUT2D eigenvalue weighted by Gasteiger charge is -1.76. The van der Waals surface area contributed by atoms with E-state index in [-0.39, 0.29) is 0 Å². The van der Waals surface area contributed by atoms with E-state index in [0.717, 1.165) is 19.9 Å². The molecule has 6 nitrogen and oxygen atoms in total. The van der Waals surface area contributed by atoms with E-state index in [2.05, 4.69) is 5.32 Å². The highest BCUT2D eigenvalue weighted by Gasteiger charge is 2.04. The van der Waals surface area contributed by atoms with Gasteiger partial charge in [-0.15, -0.1) is 0 Å². The van der Waals surface area contributed by atoms with Crippen LogP contribution in [0.1, 0.15) is 0 Å². The monoisotopic (exact) mass is 163 g/mol. The van der Waals surface area contributed by atoms with Gasteiger partial charge in [0, 0.05) is 6.54 Å². The molecule has 0 aromatic rings. The molecule has 0 spiro atoms. The zero-order chi connectivity index (χ0) is 8.69. The molecule has 6 heteroatoms. The molecule has 0 aliphatic carbocycles. The van der Waals surface area contributed by atoms with Crippen molar-refractivity contribution in [3.63, 3.8) is 0 Å². The van der Waals surface area contributed by atoms with Gasteiger partial charge in [0.2, 0.25) is 0 Å². The van der Waals surface area contributed by atoms with Crippen LogP contribution in [0.15, 0.2) is 0 Å². The molecular weight excluding hydrogens is 154 g/mol. The highest BCUT2D eigenvalue weighted by atomic mass is 16.5. The summed E-state index contributed by atoms with van der Waals surface area (Å²) in [6.07, 6.45) is 0.